The van der Waals surface area contributed by atoms with Gasteiger partial charge in [-0.05, 0) is 68.2 Å². The average Bonchev–Trinajstić information content (AvgIpc) is 3.19. The number of ether oxygens (including phenoxy) is 2. The third-order valence-corrected chi connectivity index (χ3v) is 10.8. The van der Waals surface area contributed by atoms with Gasteiger partial charge in [0, 0.05) is 62.1 Å². The number of aliphatic hydroxyl groups excluding tert-OH is 2. The van der Waals surface area contributed by atoms with Crippen LogP contribution >= 0.6 is 0 Å². The number of fused-ring (bicyclic) bond motifs is 2. The van der Waals surface area contributed by atoms with E-state index in [-0.39, 0.29) is 62.5 Å². The van der Waals surface area contributed by atoms with Crippen LogP contribution in [0, 0.1) is 35.4 Å². The zero-order valence-corrected chi connectivity index (χ0v) is 36.3. The Bertz CT molecular complexity index is 1800. The highest BCUT2D eigenvalue weighted by Crippen LogP contribution is 2.28. The number of halogens is 1. The zero-order chi connectivity index (χ0) is 45.4. The lowest BCUT2D eigenvalue weighted by Crippen LogP contribution is -2.61. The van der Waals surface area contributed by atoms with Crippen LogP contribution in [0.1, 0.15) is 92.6 Å². The van der Waals surface area contributed by atoms with E-state index in [1.807, 2.05) is 13.8 Å². The van der Waals surface area contributed by atoms with Gasteiger partial charge in [0.05, 0.1) is 18.8 Å². The number of hydrogen-bond donors (Lipinski definition) is 5. The number of carbonyl (C=O) groups excluding carboxylic acids is 6. The molecule has 2 heterocycles. The van der Waals surface area contributed by atoms with Gasteiger partial charge in [0.2, 0.25) is 5.91 Å². The van der Waals surface area contributed by atoms with Gasteiger partial charge >= 0.3 is 11.9 Å². The number of phenols is 1. The van der Waals surface area contributed by atoms with Crippen molar-refractivity contribution >= 4 is 35.3 Å². The number of aromatic hydroxyl groups is 1. The Morgan fingerprint density at radius 1 is 1.07 bits per heavy atom. The molecule has 1 aromatic carbocycles. The molecule has 61 heavy (non-hydrogen) atoms. The summed E-state index contributed by atoms with van der Waals surface area (Å²) in [5.41, 5.74) is 3.71. The molecular formula is C46H64FN3O11. The Morgan fingerprint density at radius 2 is 1.79 bits per heavy atom. The minimum Gasteiger partial charge on any atom is -0.508 e. The highest BCUT2D eigenvalue weighted by Gasteiger charge is 2.39. The normalized spacial score (nSPS) is 27.9. The fourth-order valence-electron chi connectivity index (χ4n) is 7.08. The lowest BCUT2D eigenvalue weighted by Gasteiger charge is -2.36. The first-order chi connectivity index (χ1) is 28.8. The second kappa shape index (κ2) is 24.5. The van der Waals surface area contributed by atoms with Crippen molar-refractivity contribution in [2.75, 3.05) is 13.2 Å². The van der Waals surface area contributed by atoms with Gasteiger partial charge in [-0.1, -0.05) is 71.1 Å². The minimum atomic E-state index is -1.40. The van der Waals surface area contributed by atoms with Gasteiger partial charge in [-0.3, -0.25) is 24.2 Å². The molecule has 1 fully saturated rings. The molecule has 2 aliphatic rings. The number of esters is 2. The van der Waals surface area contributed by atoms with E-state index in [1.54, 1.807) is 52.0 Å². The van der Waals surface area contributed by atoms with Crippen LogP contribution in [0.15, 0.2) is 66.3 Å². The van der Waals surface area contributed by atoms with Crippen molar-refractivity contribution in [2.24, 2.45) is 29.6 Å². The summed E-state index contributed by atoms with van der Waals surface area (Å²) in [5.74, 6) is -7.69. The second-order valence-corrected chi connectivity index (χ2v) is 16.9. The van der Waals surface area contributed by atoms with Gasteiger partial charge < -0.3 is 34.9 Å². The first-order valence-corrected chi connectivity index (χ1v) is 21.1. The summed E-state index contributed by atoms with van der Waals surface area (Å²) in [6.45, 7) is 12.3. The van der Waals surface area contributed by atoms with E-state index in [0.717, 1.165) is 12.1 Å². The largest absolute Gasteiger partial charge is 0.508 e. The number of phenolic OH excluding ortho intramolecular Hbond substituents is 1. The molecule has 336 valence electrons. The third-order valence-electron chi connectivity index (χ3n) is 10.8. The van der Waals surface area contributed by atoms with Gasteiger partial charge in [-0.2, -0.15) is 0 Å². The minimum absolute atomic E-state index is 0.0181. The van der Waals surface area contributed by atoms with E-state index >= 15 is 0 Å². The molecule has 1 aromatic rings. The molecule has 3 rings (SSSR count). The molecule has 0 saturated carbocycles. The molecule has 2 aliphatic heterocycles. The number of nitrogens with zero attached hydrogens (tertiary/aromatic N) is 1. The van der Waals surface area contributed by atoms with Crippen LogP contribution in [0.5, 0.6) is 5.75 Å². The van der Waals surface area contributed by atoms with E-state index in [2.05, 4.69) is 10.7 Å². The maximum Gasteiger partial charge on any atom is 0.330 e. The van der Waals surface area contributed by atoms with Crippen molar-refractivity contribution in [3.8, 4) is 5.75 Å². The summed E-state index contributed by atoms with van der Waals surface area (Å²) in [6, 6.07) is 0.942. The van der Waals surface area contributed by atoms with Crippen LogP contribution < -0.4 is 10.7 Å². The molecule has 15 heteroatoms. The van der Waals surface area contributed by atoms with Crippen LogP contribution in [-0.2, 0) is 44.7 Å². The van der Waals surface area contributed by atoms with Gasteiger partial charge in [0.1, 0.15) is 41.3 Å². The number of aliphatic hydroxyl groups is 2. The molecule has 0 aromatic heterocycles. The number of nitrogens with one attached hydrogen (secondary N) is 2. The predicted molar refractivity (Wildman–Crippen MR) is 226 cm³/mol. The summed E-state index contributed by atoms with van der Waals surface area (Å²) in [5, 5.41) is 36.7. The van der Waals surface area contributed by atoms with Crippen LogP contribution in [0.3, 0.4) is 0 Å². The SMILES string of the molecule is CC(=O)CC[C@H]1C(=O)C[C@@H](C(C)C)C(=O)N[C@@H](Cc2cc(O)cc(F)c2)C(=O)N2CCCC(N2)C(=O)O[C@H](/C(C)=C/C=C/C(=O)OCC(C)C)C/C=C/C=C/[C@H](O)[C@H](C)[C@H]1O. The molecule has 0 aliphatic carbocycles. The molecule has 2 amide bonds. The van der Waals surface area contributed by atoms with Crippen molar-refractivity contribution in [1.82, 2.24) is 15.8 Å². The predicted octanol–water partition coefficient (Wildman–Crippen LogP) is 4.76. The van der Waals surface area contributed by atoms with Crippen LogP contribution in [-0.4, -0.2) is 99.2 Å². The maximum atomic E-state index is 14.4. The molecule has 0 radical (unpaired) electrons. The quantitative estimate of drug-likeness (QED) is 0.116. The lowest BCUT2D eigenvalue weighted by atomic mass is 9.78. The number of amides is 2. The van der Waals surface area contributed by atoms with Crippen molar-refractivity contribution in [1.29, 1.82) is 0 Å². The number of ketones is 2. The van der Waals surface area contributed by atoms with Crippen molar-refractivity contribution in [3.63, 3.8) is 0 Å². The number of hydrazine groups is 1. The van der Waals surface area contributed by atoms with Crippen LogP contribution in [0.2, 0.25) is 0 Å². The van der Waals surface area contributed by atoms with E-state index in [4.69, 9.17) is 9.47 Å². The number of benzene rings is 1. The van der Waals surface area contributed by atoms with Crippen molar-refractivity contribution < 1.29 is 58.0 Å². The van der Waals surface area contributed by atoms with Gasteiger partial charge in [-0.15, -0.1) is 0 Å². The summed E-state index contributed by atoms with van der Waals surface area (Å²) in [6.07, 6.45) is 7.44. The second-order valence-electron chi connectivity index (χ2n) is 16.9. The van der Waals surface area contributed by atoms with Gasteiger partial charge in [0.15, 0.2) is 0 Å². The Balaban J connectivity index is 2.07. The molecule has 1 saturated heterocycles. The number of cyclic esters (lactones) is 1. The fraction of sp³-hybridized carbons (Fsp3) is 0.565. The highest BCUT2D eigenvalue weighted by molar-refractivity contribution is 5.92. The standard InChI is InChI=1S/C46H64FN3O11/c1-27(2)26-60-42(55)17-11-13-29(5)41-16-10-8-9-15-39(53)31(7)43(56)35(19-18-30(6)51)40(54)25-36(28(3)4)44(57)48-38(23-32-21-33(47)24-34(52)22-32)45(58)50-20-12-14-37(49-50)46(59)61-41/h8-11,13,15,17,21-22,24,27-28,31,35-39,41,43,49,52-53,56H,12,14,16,18-20,23,25-26H2,1-7H3,(H,48,57)/b10-8+,15-9+,17-11+,29-13+/t31-,35-,36-,37?,38-,39-,41-,43+/m0/s1. The molecule has 8 atom stereocenters. The Morgan fingerprint density at radius 3 is 2.44 bits per heavy atom. The van der Waals surface area contributed by atoms with E-state index in [9.17, 15) is 48.5 Å². The molecule has 2 bridgehead atoms. The first kappa shape index (κ1) is 50.4. The Hall–Kier alpha value is -4.99. The van der Waals surface area contributed by atoms with Crippen molar-refractivity contribution in [2.45, 2.75) is 124 Å². The molecule has 14 nitrogen and oxygen atoms in total. The molecular weight excluding hydrogens is 790 g/mol. The maximum absolute atomic E-state index is 14.4. The lowest BCUT2D eigenvalue weighted by molar-refractivity contribution is -0.156. The topological polar surface area (TPSA) is 209 Å². The molecule has 0 spiro atoms. The fourth-order valence-corrected chi connectivity index (χ4v) is 7.08. The smallest absolute Gasteiger partial charge is 0.330 e. The van der Waals surface area contributed by atoms with Gasteiger partial charge in [-0.25, -0.2) is 14.6 Å². The molecule has 5 N–H and O–H groups in total. The van der Waals surface area contributed by atoms with E-state index in [0.29, 0.717) is 18.4 Å². The highest BCUT2D eigenvalue weighted by atomic mass is 19.1. The molecule has 1 unspecified atom stereocenters. The Labute approximate surface area is 358 Å². The first-order valence-electron chi connectivity index (χ1n) is 21.1. The summed E-state index contributed by atoms with van der Waals surface area (Å²) in [7, 11) is 0. The van der Waals surface area contributed by atoms with Gasteiger partial charge in [0.25, 0.3) is 5.91 Å². The number of Topliss-reactive ketones (excluding diaryl/α,β-unsaturated/α-hetero) is 2. The summed E-state index contributed by atoms with van der Waals surface area (Å²) in [4.78, 5) is 80.5. The van der Waals surface area contributed by atoms with Crippen LogP contribution in [0.25, 0.3) is 0 Å². The number of rotatable bonds is 11. The van der Waals surface area contributed by atoms with E-state index in [1.165, 1.54) is 36.2 Å². The zero-order valence-electron chi connectivity index (χ0n) is 36.3. The monoisotopic (exact) mass is 853 g/mol. The number of allylic oxidation sites excluding steroid dienone is 4. The average molecular weight is 854 g/mol. The number of hydrogen-bond acceptors (Lipinski definition) is 12. The number of carbonyl (C=O) groups is 6. The third kappa shape index (κ3) is 16.4. The van der Waals surface area contributed by atoms with Crippen LogP contribution in [0.4, 0.5) is 4.39 Å². The Kier molecular flexibility index (Phi) is 20.2. The van der Waals surface area contributed by atoms with E-state index < -0.39 is 95.2 Å². The van der Waals surface area contributed by atoms with Crippen molar-refractivity contribution in [3.05, 3.63) is 77.7 Å². The summed E-state index contributed by atoms with van der Waals surface area (Å²) >= 11 is 0. The summed E-state index contributed by atoms with van der Waals surface area (Å²) < 4.78 is 25.6.